The van der Waals surface area contributed by atoms with Gasteiger partial charge in [-0.15, -0.1) is 0 Å². The molecule has 0 saturated heterocycles. The van der Waals surface area contributed by atoms with Crippen LogP contribution < -0.4 is 14.9 Å². The molecule has 0 heterocycles. The SMILES string of the molecule is COc1ccc(/C=N/NC(=O)COc2ccc(C)c(C)c2)cc1Br. The van der Waals surface area contributed by atoms with Gasteiger partial charge in [0, 0.05) is 0 Å². The second-order valence-electron chi connectivity index (χ2n) is 5.22. The average Bonchev–Trinajstić information content (AvgIpc) is 2.56. The summed E-state index contributed by atoms with van der Waals surface area (Å²) in [5, 5.41) is 3.92. The molecule has 2 aromatic rings. The summed E-state index contributed by atoms with van der Waals surface area (Å²) in [6.07, 6.45) is 1.55. The van der Waals surface area contributed by atoms with Crippen LogP contribution in [0.5, 0.6) is 11.5 Å². The van der Waals surface area contributed by atoms with E-state index in [2.05, 4.69) is 26.5 Å². The first-order valence-corrected chi connectivity index (χ1v) is 8.14. The van der Waals surface area contributed by atoms with E-state index in [9.17, 15) is 4.79 Å². The molecule has 5 nitrogen and oxygen atoms in total. The molecule has 0 bridgehead atoms. The van der Waals surface area contributed by atoms with Crippen LogP contribution in [0.3, 0.4) is 0 Å². The topological polar surface area (TPSA) is 59.9 Å². The van der Waals surface area contributed by atoms with Crippen LogP contribution in [0, 0.1) is 13.8 Å². The molecule has 0 aliphatic rings. The number of aryl methyl sites for hydroxylation is 2. The number of hydrogen-bond acceptors (Lipinski definition) is 4. The van der Waals surface area contributed by atoms with Crippen molar-refractivity contribution < 1.29 is 14.3 Å². The van der Waals surface area contributed by atoms with Gasteiger partial charge in [-0.05, 0) is 76.8 Å². The molecule has 0 unspecified atom stereocenters. The summed E-state index contributed by atoms with van der Waals surface area (Å²) in [6, 6.07) is 11.2. The van der Waals surface area contributed by atoms with E-state index in [0.29, 0.717) is 5.75 Å². The molecule has 1 amide bonds. The Hall–Kier alpha value is -2.34. The smallest absolute Gasteiger partial charge is 0.277 e. The molecule has 2 rings (SSSR count). The third kappa shape index (κ3) is 5.09. The molecular weight excluding hydrogens is 372 g/mol. The molecule has 0 radical (unpaired) electrons. The molecule has 0 aromatic heterocycles. The van der Waals surface area contributed by atoms with Gasteiger partial charge in [0.05, 0.1) is 17.8 Å². The molecule has 0 saturated carbocycles. The van der Waals surface area contributed by atoms with E-state index in [1.165, 1.54) is 5.56 Å². The molecule has 2 aromatic carbocycles. The summed E-state index contributed by atoms with van der Waals surface area (Å²) < 4.78 is 11.4. The zero-order valence-corrected chi connectivity index (χ0v) is 15.4. The molecule has 1 N–H and O–H groups in total. The molecule has 6 heteroatoms. The van der Waals surface area contributed by atoms with E-state index in [1.807, 2.05) is 50.2 Å². The third-order valence-corrected chi connectivity index (χ3v) is 4.05. The van der Waals surface area contributed by atoms with Crippen LogP contribution >= 0.6 is 15.9 Å². The summed E-state index contributed by atoms with van der Waals surface area (Å²) in [5.41, 5.74) is 5.57. The van der Waals surface area contributed by atoms with Crippen molar-refractivity contribution in [2.75, 3.05) is 13.7 Å². The van der Waals surface area contributed by atoms with Crippen molar-refractivity contribution in [1.82, 2.24) is 5.43 Å². The first kappa shape index (κ1) is 18.0. The second kappa shape index (κ2) is 8.49. The van der Waals surface area contributed by atoms with Crippen molar-refractivity contribution in [3.05, 3.63) is 57.6 Å². The van der Waals surface area contributed by atoms with Crippen molar-refractivity contribution in [2.45, 2.75) is 13.8 Å². The minimum Gasteiger partial charge on any atom is -0.496 e. The number of methoxy groups -OCH3 is 1. The molecule has 0 atom stereocenters. The zero-order valence-electron chi connectivity index (χ0n) is 13.8. The van der Waals surface area contributed by atoms with E-state index in [-0.39, 0.29) is 12.5 Å². The lowest BCUT2D eigenvalue weighted by Crippen LogP contribution is -2.24. The average molecular weight is 391 g/mol. The Morgan fingerprint density at radius 1 is 1.21 bits per heavy atom. The van der Waals surface area contributed by atoms with Gasteiger partial charge >= 0.3 is 0 Å². The fourth-order valence-electron chi connectivity index (χ4n) is 1.93. The van der Waals surface area contributed by atoms with E-state index in [1.54, 1.807) is 13.3 Å². The van der Waals surface area contributed by atoms with E-state index < -0.39 is 0 Å². The van der Waals surface area contributed by atoms with Crippen molar-refractivity contribution >= 4 is 28.1 Å². The fraction of sp³-hybridized carbons (Fsp3) is 0.222. The first-order chi connectivity index (χ1) is 11.5. The monoisotopic (exact) mass is 390 g/mol. The number of rotatable bonds is 6. The van der Waals surface area contributed by atoms with Gasteiger partial charge < -0.3 is 9.47 Å². The Kier molecular flexibility index (Phi) is 6.37. The highest BCUT2D eigenvalue weighted by Gasteiger charge is 2.03. The van der Waals surface area contributed by atoms with Crippen molar-refractivity contribution in [2.24, 2.45) is 5.10 Å². The molecule has 0 aliphatic heterocycles. The fourth-order valence-corrected chi connectivity index (χ4v) is 2.48. The molecular formula is C18H19BrN2O3. The normalized spacial score (nSPS) is 10.7. The van der Waals surface area contributed by atoms with Crippen LogP contribution in [0.2, 0.25) is 0 Å². The highest BCUT2D eigenvalue weighted by Crippen LogP contribution is 2.24. The number of ether oxygens (including phenoxy) is 2. The minimum atomic E-state index is -0.322. The van der Waals surface area contributed by atoms with Crippen LogP contribution in [0.15, 0.2) is 46.0 Å². The van der Waals surface area contributed by atoms with Crippen LogP contribution in [-0.4, -0.2) is 25.8 Å². The van der Waals surface area contributed by atoms with Crippen LogP contribution in [0.1, 0.15) is 16.7 Å². The maximum atomic E-state index is 11.7. The van der Waals surface area contributed by atoms with E-state index in [4.69, 9.17) is 9.47 Å². The number of hydrogen-bond donors (Lipinski definition) is 1. The standard InChI is InChI=1S/C18H19BrN2O3/c1-12-4-6-15(8-13(12)2)24-11-18(22)21-20-10-14-5-7-17(23-3)16(19)9-14/h4-10H,11H2,1-3H3,(H,21,22)/b20-10+. The molecule has 0 aliphatic carbocycles. The van der Waals surface area contributed by atoms with Gasteiger partial charge in [-0.1, -0.05) is 6.07 Å². The van der Waals surface area contributed by atoms with Gasteiger partial charge in [-0.2, -0.15) is 5.10 Å². The van der Waals surface area contributed by atoms with Crippen LogP contribution in [0.25, 0.3) is 0 Å². The van der Waals surface area contributed by atoms with Gasteiger partial charge in [0.2, 0.25) is 0 Å². The van der Waals surface area contributed by atoms with Crippen molar-refractivity contribution in [3.8, 4) is 11.5 Å². The van der Waals surface area contributed by atoms with Gasteiger partial charge in [0.1, 0.15) is 11.5 Å². The first-order valence-electron chi connectivity index (χ1n) is 7.35. The predicted molar refractivity (Wildman–Crippen MR) is 97.8 cm³/mol. The predicted octanol–water partition coefficient (Wildman–Crippen LogP) is 3.60. The summed E-state index contributed by atoms with van der Waals surface area (Å²) in [4.78, 5) is 11.7. The second-order valence-corrected chi connectivity index (χ2v) is 6.08. The largest absolute Gasteiger partial charge is 0.496 e. The van der Waals surface area contributed by atoms with Gasteiger partial charge in [0.25, 0.3) is 5.91 Å². The van der Waals surface area contributed by atoms with Gasteiger partial charge in [0.15, 0.2) is 6.61 Å². The number of carbonyl (C=O) groups is 1. The molecule has 0 spiro atoms. The molecule has 0 fully saturated rings. The number of carbonyl (C=O) groups excluding carboxylic acids is 1. The lowest BCUT2D eigenvalue weighted by molar-refractivity contribution is -0.123. The van der Waals surface area contributed by atoms with Crippen LogP contribution in [-0.2, 0) is 4.79 Å². The Morgan fingerprint density at radius 3 is 2.67 bits per heavy atom. The van der Waals surface area contributed by atoms with E-state index >= 15 is 0 Å². The van der Waals surface area contributed by atoms with Gasteiger partial charge in [-0.3, -0.25) is 4.79 Å². The number of amides is 1. The molecule has 126 valence electrons. The summed E-state index contributed by atoms with van der Waals surface area (Å²) in [6.45, 7) is 3.93. The quantitative estimate of drug-likeness (QED) is 0.605. The maximum absolute atomic E-state index is 11.7. The van der Waals surface area contributed by atoms with E-state index in [0.717, 1.165) is 21.3 Å². The zero-order chi connectivity index (χ0) is 17.5. The summed E-state index contributed by atoms with van der Waals surface area (Å²) in [5.74, 6) is 1.08. The number of nitrogens with one attached hydrogen (secondary N) is 1. The summed E-state index contributed by atoms with van der Waals surface area (Å²) in [7, 11) is 1.60. The van der Waals surface area contributed by atoms with Crippen LogP contribution in [0.4, 0.5) is 0 Å². The lowest BCUT2D eigenvalue weighted by Gasteiger charge is -2.07. The number of hydrazone groups is 1. The number of benzene rings is 2. The maximum Gasteiger partial charge on any atom is 0.277 e. The third-order valence-electron chi connectivity index (χ3n) is 3.43. The number of halogens is 1. The highest BCUT2D eigenvalue weighted by atomic mass is 79.9. The van der Waals surface area contributed by atoms with Gasteiger partial charge in [-0.25, -0.2) is 5.43 Å². The highest BCUT2D eigenvalue weighted by molar-refractivity contribution is 9.10. The Labute approximate surface area is 149 Å². The summed E-state index contributed by atoms with van der Waals surface area (Å²) >= 11 is 3.40. The van der Waals surface area contributed by atoms with Crippen molar-refractivity contribution in [3.63, 3.8) is 0 Å². The number of nitrogens with zero attached hydrogens (tertiary/aromatic N) is 1. The lowest BCUT2D eigenvalue weighted by atomic mass is 10.1. The Morgan fingerprint density at radius 2 is 2.00 bits per heavy atom. The van der Waals surface area contributed by atoms with Crippen molar-refractivity contribution in [1.29, 1.82) is 0 Å². The Bertz CT molecular complexity index is 760. The minimum absolute atomic E-state index is 0.0911. The molecule has 24 heavy (non-hydrogen) atoms. The Balaban J connectivity index is 1.84.